The van der Waals surface area contributed by atoms with Gasteiger partial charge in [-0.25, -0.2) is 19.6 Å². The molecule has 3 fully saturated rings. The van der Waals surface area contributed by atoms with Gasteiger partial charge in [0.05, 0.1) is 50.1 Å². The van der Waals surface area contributed by atoms with Crippen LogP contribution in [0.3, 0.4) is 0 Å². The Balaban J connectivity index is 0.932. The van der Waals surface area contributed by atoms with Crippen LogP contribution in [0.15, 0.2) is 73.1 Å². The lowest BCUT2D eigenvalue weighted by Crippen LogP contribution is -2.51. The van der Waals surface area contributed by atoms with E-state index in [-0.39, 0.29) is 47.6 Å². The van der Waals surface area contributed by atoms with Crippen molar-refractivity contribution < 1.29 is 28.7 Å². The molecule has 14 nitrogen and oxygen atoms in total. The van der Waals surface area contributed by atoms with Crippen molar-refractivity contribution in [3.05, 3.63) is 95.8 Å². The third-order valence-electron chi connectivity index (χ3n) is 15.0. The quantitative estimate of drug-likeness (QED) is 0.0957. The van der Waals surface area contributed by atoms with Crippen LogP contribution in [0.5, 0.6) is 0 Å². The van der Waals surface area contributed by atoms with E-state index in [0.29, 0.717) is 24.9 Å². The number of nitrogens with one attached hydrogen (secondary N) is 4. The Bertz CT molecular complexity index is 2460. The van der Waals surface area contributed by atoms with E-state index in [1.54, 1.807) is 0 Å². The number of fused-ring (bicyclic) bond motifs is 2. The molecule has 2 aromatic heterocycles. The van der Waals surface area contributed by atoms with E-state index in [9.17, 15) is 19.2 Å². The molecule has 0 radical (unpaired) electrons. The van der Waals surface area contributed by atoms with E-state index in [4.69, 9.17) is 19.4 Å². The number of imidazole rings is 2. The normalized spacial score (nSPS) is 22.9. The predicted molar refractivity (Wildman–Crippen MR) is 261 cm³/mol. The first-order valence-electron chi connectivity index (χ1n) is 24.5. The minimum Gasteiger partial charge on any atom is -0.453 e. The van der Waals surface area contributed by atoms with Crippen LogP contribution in [0.2, 0.25) is 0 Å². The van der Waals surface area contributed by atoms with Crippen molar-refractivity contribution in [3.8, 4) is 44.8 Å². The van der Waals surface area contributed by atoms with E-state index in [1.807, 2.05) is 49.9 Å². The molecule has 4 heterocycles. The standard InChI is InChI=1S/C54H66N8O6/c1-29(2)47(59-53(65)67-7)51(63)61-27-31(5)23-43(61)49-55-25-41(57-49)35-13-9-33(10-14-35)39-21-22-40(46-38-19-17-37(18-20-38)45(39)46)34-11-15-36(16-12-34)42-26-56-50(58-42)44-24-32(6)28-62(44)52(64)48(30(3)4)60-54(66)68-8/h9-16,21-22,25-26,29-32,37-38,43-44,47-48H,17-20,23-24,27-28H2,1-8H3,(H,55,57)(H,56,58)(H,59,65)(H,60,66)/t31-,32-,37?,38?,43+,44?,47+,48+/m1/s1. The molecular formula is C54H66N8O6. The second kappa shape index (κ2) is 19.3. The second-order valence-corrected chi connectivity index (χ2v) is 20.5. The molecule has 3 aromatic carbocycles. The maximum Gasteiger partial charge on any atom is 0.407 e. The highest BCUT2D eigenvalue weighted by Crippen LogP contribution is 2.55. The number of carbonyl (C=O) groups is 4. The number of ether oxygens (including phenoxy) is 2. The van der Waals surface area contributed by atoms with Gasteiger partial charge in [0.2, 0.25) is 11.8 Å². The number of aromatic nitrogens is 4. The fourth-order valence-electron chi connectivity index (χ4n) is 11.5. The minimum absolute atomic E-state index is 0.111. The van der Waals surface area contributed by atoms with Crippen LogP contribution < -0.4 is 10.6 Å². The van der Waals surface area contributed by atoms with Crippen LogP contribution in [0, 0.1) is 23.7 Å². The second-order valence-electron chi connectivity index (χ2n) is 20.5. The molecule has 5 aromatic rings. The van der Waals surface area contributed by atoms with Gasteiger partial charge in [0.15, 0.2) is 0 Å². The fourth-order valence-corrected chi connectivity index (χ4v) is 11.5. The summed E-state index contributed by atoms with van der Waals surface area (Å²) in [4.78, 5) is 72.4. The zero-order valence-electron chi connectivity index (χ0n) is 40.6. The molecule has 2 bridgehead atoms. The molecule has 3 aliphatic carbocycles. The Labute approximate surface area is 399 Å². The average Bonchev–Trinajstić information content (AvgIpc) is 4.19. The number of rotatable bonds is 12. The summed E-state index contributed by atoms with van der Waals surface area (Å²) in [7, 11) is 2.61. The van der Waals surface area contributed by atoms with Crippen LogP contribution in [0.4, 0.5) is 9.59 Å². The zero-order chi connectivity index (χ0) is 48.0. The van der Waals surface area contributed by atoms with Gasteiger partial charge in [0.1, 0.15) is 23.7 Å². The van der Waals surface area contributed by atoms with E-state index in [1.165, 1.54) is 73.3 Å². The first-order valence-corrected chi connectivity index (χ1v) is 24.5. The molecule has 0 spiro atoms. The summed E-state index contributed by atoms with van der Waals surface area (Å²) in [6, 6.07) is 20.4. The number of amides is 4. The fraction of sp³-hybridized carbons (Fsp3) is 0.481. The summed E-state index contributed by atoms with van der Waals surface area (Å²) < 4.78 is 9.65. The number of likely N-dealkylation sites (tertiary alicyclic amines) is 2. The lowest BCUT2D eigenvalue weighted by atomic mass is 9.63. The molecular weight excluding hydrogens is 857 g/mol. The predicted octanol–water partition coefficient (Wildman–Crippen LogP) is 10.1. The van der Waals surface area contributed by atoms with E-state index in [0.717, 1.165) is 47.0 Å². The van der Waals surface area contributed by atoms with Crippen LogP contribution >= 0.6 is 0 Å². The van der Waals surface area contributed by atoms with Gasteiger partial charge in [0, 0.05) is 13.1 Å². The minimum atomic E-state index is -0.696. The number of nitrogens with zero attached hydrogens (tertiary/aromatic N) is 4. The molecule has 5 aliphatic rings. The van der Waals surface area contributed by atoms with Crippen LogP contribution in [0.25, 0.3) is 44.8 Å². The van der Waals surface area contributed by atoms with Crippen LogP contribution in [-0.4, -0.2) is 93.1 Å². The zero-order valence-corrected chi connectivity index (χ0v) is 40.6. The molecule has 1 unspecified atom stereocenters. The third-order valence-corrected chi connectivity index (χ3v) is 15.0. The molecule has 4 amide bonds. The Morgan fingerprint density at radius 2 is 0.926 bits per heavy atom. The molecule has 6 atom stereocenters. The number of hydrogen-bond acceptors (Lipinski definition) is 8. The van der Waals surface area contributed by atoms with E-state index < -0.39 is 24.3 Å². The van der Waals surface area contributed by atoms with Crippen molar-refractivity contribution in [2.24, 2.45) is 23.7 Å². The average molecular weight is 923 g/mol. The molecule has 14 heteroatoms. The Kier molecular flexibility index (Phi) is 13.2. The first-order chi connectivity index (χ1) is 32.7. The van der Waals surface area contributed by atoms with Crippen molar-refractivity contribution >= 4 is 24.0 Å². The Morgan fingerprint density at radius 3 is 1.26 bits per heavy atom. The summed E-state index contributed by atoms with van der Waals surface area (Å²) in [6.45, 7) is 13.2. The monoisotopic (exact) mass is 923 g/mol. The molecule has 68 heavy (non-hydrogen) atoms. The highest BCUT2D eigenvalue weighted by atomic mass is 16.5. The molecule has 2 saturated heterocycles. The molecule has 10 rings (SSSR count). The molecule has 4 N–H and O–H groups in total. The van der Waals surface area contributed by atoms with Crippen molar-refractivity contribution in [1.82, 2.24) is 40.4 Å². The first kappa shape index (κ1) is 46.7. The summed E-state index contributed by atoms with van der Waals surface area (Å²) in [5.74, 6) is 2.64. The number of methoxy groups -OCH3 is 2. The number of hydrogen-bond donors (Lipinski definition) is 4. The number of alkyl carbamates (subject to hydrolysis) is 2. The number of carbonyl (C=O) groups excluding carboxylic acids is 4. The van der Waals surface area contributed by atoms with Gasteiger partial charge in [-0.3, -0.25) is 9.59 Å². The molecule has 2 aliphatic heterocycles. The van der Waals surface area contributed by atoms with Crippen molar-refractivity contribution in [3.63, 3.8) is 0 Å². The Morgan fingerprint density at radius 1 is 0.574 bits per heavy atom. The third kappa shape index (κ3) is 9.01. The number of H-pyrrole nitrogens is 2. The highest BCUT2D eigenvalue weighted by Gasteiger charge is 2.42. The SMILES string of the molecule is COC(=O)N[C@H](C(=O)N1C[C@H](C)CC1c1ncc(-c2ccc(-c3ccc(-c4ccc(-c5cnc([C@@H]6C[C@@H](C)CN6C(=O)[C@@H](NC(=O)OC)C(C)C)[nH]5)cc4)c4c3C3CCC4CC3)cc2)[nH]1)C(C)C. The van der Waals surface area contributed by atoms with Gasteiger partial charge in [0.25, 0.3) is 0 Å². The van der Waals surface area contributed by atoms with Crippen molar-refractivity contribution in [2.45, 2.75) is 116 Å². The van der Waals surface area contributed by atoms with E-state index in [2.05, 4.69) is 95.1 Å². The maximum absolute atomic E-state index is 13.9. The molecule has 358 valence electrons. The topological polar surface area (TPSA) is 175 Å². The lowest BCUT2D eigenvalue weighted by molar-refractivity contribution is -0.136. The number of aromatic amines is 2. The Hall–Kier alpha value is -6.44. The van der Waals surface area contributed by atoms with Gasteiger partial charge >= 0.3 is 12.2 Å². The number of benzene rings is 3. The highest BCUT2D eigenvalue weighted by molar-refractivity contribution is 5.87. The smallest absolute Gasteiger partial charge is 0.407 e. The van der Waals surface area contributed by atoms with Gasteiger partial charge in [-0.2, -0.15) is 0 Å². The summed E-state index contributed by atoms with van der Waals surface area (Å²) in [6.07, 6.45) is 8.89. The lowest BCUT2D eigenvalue weighted by Gasteiger charge is -2.41. The van der Waals surface area contributed by atoms with Crippen LogP contribution in [0.1, 0.15) is 127 Å². The summed E-state index contributed by atoms with van der Waals surface area (Å²) in [5.41, 5.74) is 11.8. The van der Waals surface area contributed by atoms with Gasteiger partial charge in [-0.05, 0) is 119 Å². The largest absolute Gasteiger partial charge is 0.453 e. The molecule has 1 saturated carbocycles. The summed E-state index contributed by atoms with van der Waals surface area (Å²) >= 11 is 0. The van der Waals surface area contributed by atoms with Crippen molar-refractivity contribution in [1.29, 1.82) is 0 Å². The van der Waals surface area contributed by atoms with Gasteiger partial charge in [-0.15, -0.1) is 0 Å². The summed E-state index contributed by atoms with van der Waals surface area (Å²) in [5, 5.41) is 5.49. The maximum atomic E-state index is 13.9. The van der Waals surface area contributed by atoms with E-state index >= 15 is 0 Å². The van der Waals surface area contributed by atoms with Gasteiger partial charge in [-0.1, -0.05) is 102 Å². The van der Waals surface area contributed by atoms with Crippen LogP contribution in [-0.2, 0) is 19.1 Å². The van der Waals surface area contributed by atoms with Gasteiger partial charge < -0.3 is 39.9 Å². The van der Waals surface area contributed by atoms with Crippen molar-refractivity contribution in [2.75, 3.05) is 27.3 Å².